The average molecular weight is 144 g/mol. The molecule has 0 radical (unpaired) electrons. The van der Waals surface area contributed by atoms with Gasteiger partial charge in [-0.2, -0.15) is 0 Å². The SMILES string of the molecule is CCC(C)[C]1([Na])C=CC=C1. The average Bonchev–Trinajstić information content (AvgIpc) is 2.36. The van der Waals surface area contributed by atoms with Crippen molar-refractivity contribution >= 4 is 27.9 Å². The molecule has 1 rings (SSSR count). The molecule has 10 heavy (non-hydrogen) atoms. The van der Waals surface area contributed by atoms with Gasteiger partial charge in [0.15, 0.2) is 0 Å². The number of hydrogen-bond acceptors (Lipinski definition) is 0. The molecular formula is C9H13Na. The van der Waals surface area contributed by atoms with Crippen LogP contribution in [-0.2, 0) is 0 Å². The fourth-order valence-electron chi connectivity index (χ4n) is 1.35. The molecule has 0 saturated heterocycles. The van der Waals surface area contributed by atoms with E-state index in [0.29, 0.717) is 2.66 Å². The number of hydrogen-bond donors (Lipinski definition) is 0. The fourth-order valence-corrected chi connectivity index (χ4v) is 2.14. The van der Waals surface area contributed by atoms with E-state index in [0.717, 1.165) is 5.92 Å². The van der Waals surface area contributed by atoms with Gasteiger partial charge in [0.1, 0.15) is 0 Å². The Labute approximate surface area is 80.8 Å². The zero-order chi connectivity index (χ0) is 7.61. The van der Waals surface area contributed by atoms with E-state index in [9.17, 15) is 0 Å². The van der Waals surface area contributed by atoms with Crippen molar-refractivity contribution in [1.29, 1.82) is 0 Å². The van der Waals surface area contributed by atoms with Crippen LogP contribution in [0.25, 0.3) is 0 Å². The van der Waals surface area contributed by atoms with Crippen LogP contribution in [0.5, 0.6) is 0 Å². The van der Waals surface area contributed by atoms with E-state index in [2.05, 4.69) is 38.2 Å². The van der Waals surface area contributed by atoms with Gasteiger partial charge in [-0.25, -0.2) is 0 Å². The summed E-state index contributed by atoms with van der Waals surface area (Å²) in [7, 11) is 0. The Balaban J connectivity index is 2.69. The molecule has 0 aromatic carbocycles. The Hall–Kier alpha value is 0.480. The van der Waals surface area contributed by atoms with Crippen LogP contribution in [-0.4, -0.2) is 27.9 Å². The zero-order valence-electron chi connectivity index (χ0n) is 7.09. The van der Waals surface area contributed by atoms with Crippen molar-refractivity contribution in [1.82, 2.24) is 0 Å². The van der Waals surface area contributed by atoms with Gasteiger partial charge in [0.25, 0.3) is 0 Å². The van der Waals surface area contributed by atoms with E-state index in [1.165, 1.54) is 34.4 Å². The van der Waals surface area contributed by atoms with Gasteiger partial charge in [-0.3, -0.25) is 0 Å². The second-order valence-electron chi connectivity index (χ2n) is 3.39. The molecule has 0 amide bonds. The second-order valence-corrected chi connectivity index (χ2v) is 5.13. The van der Waals surface area contributed by atoms with Gasteiger partial charge < -0.3 is 0 Å². The molecule has 0 saturated carbocycles. The topological polar surface area (TPSA) is 0 Å². The van der Waals surface area contributed by atoms with Crippen LogP contribution in [0.3, 0.4) is 0 Å². The van der Waals surface area contributed by atoms with Crippen molar-refractivity contribution in [2.24, 2.45) is 5.92 Å². The molecule has 1 heteroatoms. The van der Waals surface area contributed by atoms with Gasteiger partial charge in [-0.15, -0.1) is 0 Å². The Bertz CT molecular complexity index is 156. The van der Waals surface area contributed by atoms with Gasteiger partial charge in [-0.05, 0) is 0 Å². The van der Waals surface area contributed by atoms with Crippen LogP contribution < -0.4 is 0 Å². The molecular weight excluding hydrogens is 131 g/mol. The van der Waals surface area contributed by atoms with Gasteiger partial charge >= 0.3 is 81.1 Å². The summed E-state index contributed by atoms with van der Waals surface area (Å²) in [6, 6.07) is 0. The van der Waals surface area contributed by atoms with Crippen molar-refractivity contribution < 1.29 is 0 Å². The second kappa shape index (κ2) is 3.25. The Morgan fingerprint density at radius 1 is 1.40 bits per heavy atom. The predicted molar refractivity (Wildman–Crippen MR) is 46.2 cm³/mol. The van der Waals surface area contributed by atoms with E-state index >= 15 is 0 Å². The monoisotopic (exact) mass is 144 g/mol. The third kappa shape index (κ3) is 1.55. The predicted octanol–water partition coefficient (Wildman–Crippen LogP) is 2.49. The van der Waals surface area contributed by atoms with E-state index in [1.807, 2.05) is 0 Å². The molecule has 0 heterocycles. The van der Waals surface area contributed by atoms with Gasteiger partial charge in [0.2, 0.25) is 0 Å². The Morgan fingerprint density at radius 3 is 2.30 bits per heavy atom. The van der Waals surface area contributed by atoms with Crippen LogP contribution in [0, 0.1) is 5.92 Å². The van der Waals surface area contributed by atoms with Crippen molar-refractivity contribution in [2.45, 2.75) is 22.9 Å². The summed E-state index contributed by atoms with van der Waals surface area (Å²) in [6.45, 7) is 4.61. The molecule has 1 atom stereocenters. The third-order valence-electron chi connectivity index (χ3n) is 2.70. The molecule has 1 aliphatic rings. The molecule has 0 aromatic rings. The van der Waals surface area contributed by atoms with Crippen molar-refractivity contribution in [3.63, 3.8) is 0 Å². The summed E-state index contributed by atoms with van der Waals surface area (Å²) in [5.41, 5.74) is 0. The molecule has 50 valence electrons. The maximum atomic E-state index is 2.35. The maximum absolute atomic E-state index is 2.35. The van der Waals surface area contributed by atoms with Crippen LogP contribution in [0.1, 0.15) is 20.3 Å². The van der Waals surface area contributed by atoms with Crippen molar-refractivity contribution in [2.75, 3.05) is 0 Å². The number of rotatable bonds is 2. The molecule has 0 fully saturated rings. The molecule has 0 spiro atoms. The first-order chi connectivity index (χ1) is 4.69. The van der Waals surface area contributed by atoms with Crippen LogP contribution >= 0.6 is 0 Å². The summed E-state index contributed by atoms with van der Waals surface area (Å²) >= 11 is 1.25. The fraction of sp³-hybridized carbons (Fsp3) is 0.556. The first-order valence-corrected chi connectivity index (χ1v) is 5.06. The van der Waals surface area contributed by atoms with Crippen molar-refractivity contribution in [3.05, 3.63) is 24.3 Å². The van der Waals surface area contributed by atoms with E-state index in [-0.39, 0.29) is 0 Å². The molecule has 1 unspecified atom stereocenters. The van der Waals surface area contributed by atoms with Crippen molar-refractivity contribution in [3.8, 4) is 0 Å². The molecule has 0 nitrogen and oxygen atoms in total. The summed E-state index contributed by atoms with van der Waals surface area (Å²) < 4.78 is 0.481. The van der Waals surface area contributed by atoms with Crippen LogP contribution in [0.2, 0.25) is 2.66 Å². The molecule has 0 aliphatic heterocycles. The minimum absolute atomic E-state index is 0.481. The third-order valence-corrected chi connectivity index (χ3v) is 4.35. The molecule has 1 aliphatic carbocycles. The molecule has 0 aromatic heterocycles. The van der Waals surface area contributed by atoms with Crippen LogP contribution in [0.4, 0.5) is 0 Å². The van der Waals surface area contributed by atoms with E-state index < -0.39 is 0 Å². The summed E-state index contributed by atoms with van der Waals surface area (Å²) in [4.78, 5) is 0. The zero-order valence-corrected chi connectivity index (χ0v) is 9.09. The standard InChI is InChI=1S/C9H13.Na/c1-3-8(2)9-6-4-5-7-9;/h4-8H,3H2,1-2H3;. The quantitative estimate of drug-likeness (QED) is 0.522. The molecule has 0 N–H and O–H groups in total. The van der Waals surface area contributed by atoms with Gasteiger partial charge in [0, 0.05) is 0 Å². The first kappa shape index (κ1) is 8.58. The molecule has 0 bridgehead atoms. The Morgan fingerprint density at radius 2 is 1.90 bits per heavy atom. The van der Waals surface area contributed by atoms with Gasteiger partial charge in [0.05, 0.1) is 0 Å². The number of allylic oxidation sites excluding steroid dienone is 4. The summed E-state index contributed by atoms with van der Waals surface area (Å²) in [6.07, 6.45) is 10.4. The normalized spacial score (nSPS) is 23.6. The summed E-state index contributed by atoms with van der Waals surface area (Å²) in [5, 5.41) is 0. The Kier molecular flexibility index (Phi) is 2.79. The van der Waals surface area contributed by atoms with Gasteiger partial charge in [-0.1, -0.05) is 0 Å². The van der Waals surface area contributed by atoms with E-state index in [1.54, 1.807) is 0 Å². The summed E-state index contributed by atoms with van der Waals surface area (Å²) in [5.74, 6) is 0.828. The minimum atomic E-state index is 0.481. The van der Waals surface area contributed by atoms with E-state index in [4.69, 9.17) is 0 Å². The first-order valence-electron chi connectivity index (χ1n) is 4.06. The van der Waals surface area contributed by atoms with Crippen LogP contribution in [0.15, 0.2) is 24.3 Å².